The van der Waals surface area contributed by atoms with Gasteiger partial charge in [-0.3, -0.25) is 9.59 Å². The Morgan fingerprint density at radius 2 is 1.71 bits per heavy atom. The maximum atomic E-state index is 14.8. The van der Waals surface area contributed by atoms with E-state index in [9.17, 15) is 18.4 Å². The third-order valence-electron chi connectivity index (χ3n) is 8.59. The summed E-state index contributed by atoms with van der Waals surface area (Å²) in [5.41, 5.74) is 0.0851. The summed E-state index contributed by atoms with van der Waals surface area (Å²) < 4.78 is 29.6. The van der Waals surface area contributed by atoms with Gasteiger partial charge < -0.3 is 0 Å². The number of allylic oxidation sites excluding steroid dienone is 1. The Morgan fingerprint density at radius 3 is 2.46 bits per heavy atom. The molecule has 0 aromatic rings. The molecule has 0 saturated heterocycles. The van der Waals surface area contributed by atoms with Crippen LogP contribution in [0.5, 0.6) is 0 Å². The Hall–Kier alpha value is -1.06. The lowest BCUT2D eigenvalue weighted by molar-refractivity contribution is -0.133. The van der Waals surface area contributed by atoms with Crippen molar-refractivity contribution in [3.63, 3.8) is 0 Å². The highest BCUT2D eigenvalue weighted by Gasteiger charge is 2.80. The molecule has 5 aliphatic carbocycles. The van der Waals surface area contributed by atoms with Gasteiger partial charge in [0.1, 0.15) is 5.78 Å². The summed E-state index contributed by atoms with van der Waals surface area (Å²) in [6, 6.07) is 0. The van der Waals surface area contributed by atoms with Gasteiger partial charge in [-0.1, -0.05) is 19.4 Å². The quantitative estimate of drug-likeness (QED) is 0.666. The van der Waals surface area contributed by atoms with Crippen molar-refractivity contribution in [3.8, 4) is 0 Å². The summed E-state index contributed by atoms with van der Waals surface area (Å²) in [7, 11) is 0. The average molecular weight is 334 g/mol. The van der Waals surface area contributed by atoms with E-state index in [0.29, 0.717) is 19.3 Å². The lowest BCUT2D eigenvalue weighted by atomic mass is 9.47. The van der Waals surface area contributed by atoms with Gasteiger partial charge in [0.2, 0.25) is 0 Å². The molecule has 24 heavy (non-hydrogen) atoms. The molecular formula is C20H24F2O2. The van der Waals surface area contributed by atoms with Gasteiger partial charge >= 0.3 is 0 Å². The van der Waals surface area contributed by atoms with Crippen molar-refractivity contribution in [2.45, 2.75) is 58.3 Å². The zero-order valence-corrected chi connectivity index (χ0v) is 14.3. The number of ketones is 2. The molecule has 5 aliphatic rings. The van der Waals surface area contributed by atoms with Crippen LogP contribution in [0.25, 0.3) is 0 Å². The van der Waals surface area contributed by atoms with Crippen molar-refractivity contribution in [1.29, 1.82) is 0 Å². The molecule has 0 spiro atoms. The average Bonchev–Trinajstić information content (AvgIpc) is 2.95. The molecule has 0 amide bonds. The number of Topliss-reactive ketones (excluding diaryl/α,β-unsaturated/α-hetero) is 1. The molecule has 2 nitrogen and oxygen atoms in total. The van der Waals surface area contributed by atoms with E-state index in [1.165, 1.54) is 0 Å². The van der Waals surface area contributed by atoms with Crippen LogP contribution in [-0.2, 0) is 9.59 Å². The predicted molar refractivity (Wildman–Crippen MR) is 84.4 cm³/mol. The molecule has 2 unspecified atom stereocenters. The fraction of sp³-hybridized carbons (Fsp3) is 0.800. The molecule has 4 saturated carbocycles. The monoisotopic (exact) mass is 334 g/mol. The maximum absolute atomic E-state index is 14.8. The van der Waals surface area contributed by atoms with E-state index in [1.54, 1.807) is 6.08 Å². The van der Waals surface area contributed by atoms with Gasteiger partial charge in [-0.2, -0.15) is 0 Å². The summed E-state index contributed by atoms with van der Waals surface area (Å²) in [5, 5.41) is 0. The van der Waals surface area contributed by atoms with Crippen LogP contribution < -0.4 is 0 Å². The summed E-state index contributed by atoms with van der Waals surface area (Å²) in [6.45, 7) is 4.14. The van der Waals surface area contributed by atoms with Crippen LogP contribution in [0.3, 0.4) is 0 Å². The van der Waals surface area contributed by atoms with Crippen molar-refractivity contribution >= 4 is 11.6 Å². The summed E-state index contributed by atoms with van der Waals surface area (Å²) in [4.78, 5) is 24.4. The van der Waals surface area contributed by atoms with Gasteiger partial charge in [-0.05, 0) is 54.9 Å². The first-order valence-electron chi connectivity index (χ1n) is 9.37. The number of hydrogen-bond acceptors (Lipinski definition) is 2. The van der Waals surface area contributed by atoms with Crippen molar-refractivity contribution in [2.75, 3.05) is 0 Å². The fourth-order valence-electron chi connectivity index (χ4n) is 7.22. The van der Waals surface area contributed by atoms with E-state index in [4.69, 9.17) is 0 Å². The third-order valence-corrected chi connectivity index (χ3v) is 8.59. The number of rotatable bonds is 0. The first kappa shape index (κ1) is 15.2. The third kappa shape index (κ3) is 1.52. The van der Waals surface area contributed by atoms with Gasteiger partial charge in [0.25, 0.3) is 5.92 Å². The van der Waals surface area contributed by atoms with Crippen LogP contribution in [0.2, 0.25) is 0 Å². The largest absolute Gasteiger partial charge is 0.299 e. The smallest absolute Gasteiger partial charge is 0.258 e. The molecule has 0 aliphatic heterocycles. The highest BCUT2D eigenvalue weighted by atomic mass is 19.3. The van der Waals surface area contributed by atoms with E-state index >= 15 is 0 Å². The molecule has 7 atom stereocenters. The number of carbonyl (C=O) groups excluding carboxylic acids is 2. The second-order valence-electron chi connectivity index (χ2n) is 9.37. The summed E-state index contributed by atoms with van der Waals surface area (Å²) in [5.74, 6) is -3.50. The normalized spacial score (nSPS) is 54.3. The Morgan fingerprint density at radius 1 is 1.00 bits per heavy atom. The number of alkyl halides is 2. The maximum Gasteiger partial charge on any atom is 0.258 e. The SMILES string of the molecule is C[C@]12CCC(=O)C=C1C1C([C@@H]3[C@@H]2CC[C@]2(C)C(=O)CC[C@@H]32)C1(F)F. The Bertz CT molecular complexity index is 696. The minimum absolute atomic E-state index is 0.0130. The highest BCUT2D eigenvalue weighted by molar-refractivity contribution is 5.92. The Kier molecular flexibility index (Phi) is 2.65. The van der Waals surface area contributed by atoms with E-state index in [1.807, 2.05) is 6.92 Å². The first-order chi connectivity index (χ1) is 11.2. The molecule has 0 N–H and O–H groups in total. The lowest BCUT2D eigenvalue weighted by Crippen LogP contribution is -2.51. The second kappa shape index (κ2) is 4.19. The van der Waals surface area contributed by atoms with Crippen LogP contribution in [0.4, 0.5) is 8.78 Å². The topological polar surface area (TPSA) is 34.1 Å². The number of carbonyl (C=O) groups is 2. The second-order valence-corrected chi connectivity index (χ2v) is 9.37. The fourth-order valence-corrected chi connectivity index (χ4v) is 7.22. The summed E-state index contributed by atoms with van der Waals surface area (Å²) >= 11 is 0. The lowest BCUT2D eigenvalue weighted by Gasteiger charge is -2.56. The molecule has 0 aromatic carbocycles. The molecule has 0 aromatic heterocycles. The summed E-state index contributed by atoms with van der Waals surface area (Å²) in [6.07, 6.45) is 5.77. The number of fused-ring (bicyclic) bond motifs is 8. The van der Waals surface area contributed by atoms with E-state index < -0.39 is 17.8 Å². The van der Waals surface area contributed by atoms with Gasteiger partial charge in [0.15, 0.2) is 5.78 Å². The van der Waals surface area contributed by atoms with Crippen LogP contribution >= 0.6 is 0 Å². The molecule has 0 bridgehead atoms. The van der Waals surface area contributed by atoms with Gasteiger partial charge in [0.05, 0.1) is 5.92 Å². The van der Waals surface area contributed by atoms with Crippen molar-refractivity contribution < 1.29 is 18.4 Å². The van der Waals surface area contributed by atoms with Gasteiger partial charge in [0, 0.05) is 24.2 Å². The predicted octanol–water partition coefficient (Wildman–Crippen LogP) is 4.19. The molecular weight excluding hydrogens is 310 g/mol. The van der Waals surface area contributed by atoms with E-state index in [2.05, 4.69) is 6.92 Å². The van der Waals surface area contributed by atoms with Crippen molar-refractivity contribution in [2.24, 2.45) is 40.4 Å². The van der Waals surface area contributed by atoms with Crippen molar-refractivity contribution in [1.82, 2.24) is 0 Å². The zero-order chi connectivity index (χ0) is 17.1. The first-order valence-corrected chi connectivity index (χ1v) is 9.37. The number of halogens is 2. The zero-order valence-electron chi connectivity index (χ0n) is 14.3. The molecule has 130 valence electrons. The van der Waals surface area contributed by atoms with Crippen LogP contribution in [0.1, 0.15) is 52.4 Å². The standard InChI is InChI=1S/C20H24F2O2/c1-18-7-5-10(23)9-13(18)16-17(20(16,21)22)15-11-3-4-14(24)19(11,2)8-6-12(15)18/h9,11-12,15-17H,3-8H2,1-2H3/t11-,12-,15-,16?,17?,18+,19-/m0/s1. The molecule has 0 heterocycles. The van der Waals surface area contributed by atoms with Gasteiger partial charge in [-0.25, -0.2) is 8.78 Å². The van der Waals surface area contributed by atoms with E-state index in [-0.39, 0.29) is 40.2 Å². The van der Waals surface area contributed by atoms with Crippen LogP contribution in [-0.4, -0.2) is 17.5 Å². The highest BCUT2D eigenvalue weighted by Crippen LogP contribution is 2.77. The van der Waals surface area contributed by atoms with Crippen molar-refractivity contribution in [3.05, 3.63) is 11.6 Å². The Labute approximate surface area is 141 Å². The molecule has 0 radical (unpaired) electrons. The van der Waals surface area contributed by atoms with E-state index in [0.717, 1.165) is 24.8 Å². The van der Waals surface area contributed by atoms with Crippen LogP contribution in [0.15, 0.2) is 11.6 Å². The molecule has 4 heteroatoms. The Balaban J connectivity index is 1.64. The molecule has 5 rings (SSSR count). The minimum atomic E-state index is -2.69. The minimum Gasteiger partial charge on any atom is -0.299 e. The van der Waals surface area contributed by atoms with Crippen LogP contribution in [0, 0.1) is 40.4 Å². The number of hydrogen-bond donors (Lipinski definition) is 0. The van der Waals surface area contributed by atoms with Gasteiger partial charge in [-0.15, -0.1) is 0 Å². The molecule has 4 fully saturated rings.